The number of guanidine groups is 1. The zero-order chi connectivity index (χ0) is 18.0. The van der Waals surface area contributed by atoms with Crippen LogP contribution in [0.15, 0.2) is 29.3 Å². The minimum Gasteiger partial charge on any atom is -0.397 e. The van der Waals surface area contributed by atoms with Gasteiger partial charge in [-0.25, -0.2) is 9.98 Å². The zero-order valence-electron chi connectivity index (χ0n) is 13.5. The number of nitriles is 2. The van der Waals surface area contributed by atoms with E-state index in [-0.39, 0.29) is 23.0 Å². The summed E-state index contributed by atoms with van der Waals surface area (Å²) in [6.45, 7) is 2.08. The van der Waals surface area contributed by atoms with Crippen molar-refractivity contribution in [2.45, 2.75) is 19.4 Å². The number of aliphatic imine (C=N–C) groups is 1. The van der Waals surface area contributed by atoms with Crippen molar-refractivity contribution >= 4 is 23.3 Å². The summed E-state index contributed by atoms with van der Waals surface area (Å²) in [7, 11) is 0. The van der Waals surface area contributed by atoms with Crippen LogP contribution in [0.1, 0.15) is 35.2 Å². The Morgan fingerprint density at radius 3 is 2.56 bits per heavy atom. The Labute approximate surface area is 144 Å². The molecule has 0 spiro atoms. The molecule has 3 rings (SSSR count). The molecule has 8 heteroatoms. The van der Waals surface area contributed by atoms with Crippen LogP contribution >= 0.6 is 0 Å². The molecule has 25 heavy (non-hydrogen) atoms. The van der Waals surface area contributed by atoms with Crippen LogP contribution in [0.5, 0.6) is 0 Å². The second-order valence-corrected chi connectivity index (χ2v) is 5.50. The Hall–Kier alpha value is -3.78. The van der Waals surface area contributed by atoms with E-state index >= 15 is 0 Å². The summed E-state index contributed by atoms with van der Waals surface area (Å²) in [5.74, 6) is 0.659. The van der Waals surface area contributed by atoms with Gasteiger partial charge in [-0.3, -0.25) is 5.32 Å². The van der Waals surface area contributed by atoms with Gasteiger partial charge in [-0.05, 0) is 17.5 Å². The summed E-state index contributed by atoms with van der Waals surface area (Å²) in [6, 6.07) is 9.41. The molecule has 1 aromatic carbocycles. The lowest BCUT2D eigenvalue weighted by molar-refractivity contribution is 0.845. The van der Waals surface area contributed by atoms with E-state index < -0.39 is 6.04 Å². The highest BCUT2D eigenvalue weighted by Crippen LogP contribution is 2.40. The largest absolute Gasteiger partial charge is 0.397 e. The van der Waals surface area contributed by atoms with Crippen molar-refractivity contribution in [2.24, 2.45) is 4.99 Å². The van der Waals surface area contributed by atoms with Crippen molar-refractivity contribution < 1.29 is 0 Å². The molecule has 0 saturated carbocycles. The SMILES string of the molecule is CCc1ccc(C2N=C(NC#N)Nc3nc(N)c(C#N)c(N)c32)cc1. The van der Waals surface area contributed by atoms with Crippen LogP contribution in [0.4, 0.5) is 17.3 Å². The molecular weight excluding hydrogens is 316 g/mol. The predicted octanol–water partition coefficient (Wildman–Crippen LogP) is 1.62. The Bertz CT molecular complexity index is 931. The van der Waals surface area contributed by atoms with Crippen molar-refractivity contribution in [2.75, 3.05) is 16.8 Å². The number of aromatic nitrogens is 1. The third-order valence-electron chi connectivity index (χ3n) is 4.06. The Kier molecular flexibility index (Phi) is 4.11. The first-order valence-electron chi connectivity index (χ1n) is 7.66. The lowest BCUT2D eigenvalue weighted by Gasteiger charge is -2.26. The number of hydrogen-bond donors (Lipinski definition) is 4. The second kappa shape index (κ2) is 6.38. The predicted molar refractivity (Wildman–Crippen MR) is 95.2 cm³/mol. The average Bonchev–Trinajstić information content (AvgIpc) is 2.61. The van der Waals surface area contributed by atoms with Crippen molar-refractivity contribution in [1.29, 1.82) is 10.5 Å². The van der Waals surface area contributed by atoms with E-state index in [4.69, 9.17) is 16.7 Å². The van der Waals surface area contributed by atoms with Gasteiger partial charge in [0.05, 0.1) is 5.69 Å². The van der Waals surface area contributed by atoms with Crippen LogP contribution in [0.3, 0.4) is 0 Å². The maximum absolute atomic E-state index is 9.30. The second-order valence-electron chi connectivity index (χ2n) is 5.50. The first kappa shape index (κ1) is 16.1. The molecule has 0 radical (unpaired) electrons. The normalized spacial score (nSPS) is 15.2. The highest BCUT2D eigenvalue weighted by Gasteiger charge is 2.29. The molecule has 0 amide bonds. The fourth-order valence-electron chi connectivity index (χ4n) is 2.76. The van der Waals surface area contributed by atoms with Gasteiger partial charge in [0.1, 0.15) is 29.3 Å². The van der Waals surface area contributed by atoms with Gasteiger partial charge in [-0.1, -0.05) is 31.2 Å². The Morgan fingerprint density at radius 1 is 1.24 bits per heavy atom. The molecule has 2 heterocycles. The van der Waals surface area contributed by atoms with Gasteiger partial charge in [0.25, 0.3) is 0 Å². The number of pyridine rings is 1. The van der Waals surface area contributed by atoms with Gasteiger partial charge in [0, 0.05) is 5.56 Å². The van der Waals surface area contributed by atoms with Crippen LogP contribution in [0, 0.1) is 22.8 Å². The molecule has 2 aromatic rings. The van der Waals surface area contributed by atoms with E-state index in [1.165, 1.54) is 5.56 Å². The van der Waals surface area contributed by atoms with E-state index in [1.807, 2.05) is 36.5 Å². The molecule has 8 nitrogen and oxygen atoms in total. The zero-order valence-corrected chi connectivity index (χ0v) is 13.5. The minimum absolute atomic E-state index is 0.0320. The third-order valence-corrected chi connectivity index (χ3v) is 4.06. The van der Waals surface area contributed by atoms with Crippen molar-refractivity contribution in [3.05, 3.63) is 46.5 Å². The number of nitrogens with two attached hydrogens (primary N) is 2. The van der Waals surface area contributed by atoms with Crippen LogP contribution in [-0.2, 0) is 6.42 Å². The van der Waals surface area contributed by atoms with Gasteiger partial charge >= 0.3 is 0 Å². The molecule has 6 N–H and O–H groups in total. The molecule has 1 aliphatic heterocycles. The van der Waals surface area contributed by atoms with Gasteiger partial charge in [-0.2, -0.15) is 10.5 Å². The lowest BCUT2D eigenvalue weighted by Crippen LogP contribution is -2.32. The fraction of sp³-hybridized carbons (Fsp3) is 0.176. The molecule has 1 atom stereocenters. The summed E-state index contributed by atoms with van der Waals surface area (Å²) in [5, 5.41) is 23.6. The molecule has 1 aromatic heterocycles. The molecule has 0 aliphatic carbocycles. The molecule has 124 valence electrons. The summed E-state index contributed by atoms with van der Waals surface area (Å²) in [5.41, 5.74) is 15.0. The summed E-state index contributed by atoms with van der Waals surface area (Å²) in [6.07, 6.45) is 2.75. The monoisotopic (exact) mass is 332 g/mol. The lowest BCUT2D eigenvalue weighted by atomic mass is 9.94. The van der Waals surface area contributed by atoms with Crippen molar-refractivity contribution in [3.63, 3.8) is 0 Å². The summed E-state index contributed by atoms with van der Waals surface area (Å²) >= 11 is 0. The maximum Gasteiger partial charge on any atom is 0.211 e. The highest BCUT2D eigenvalue weighted by atomic mass is 15.2. The number of rotatable bonds is 2. The molecule has 0 saturated heterocycles. The number of aryl methyl sites for hydroxylation is 1. The standard InChI is InChI=1S/C17H16N8/c1-2-9-3-5-10(6-4-9)14-12-13(20)11(7-18)15(21)24-16(12)25-17(23-14)22-8-19/h3-6,14H,2H2,1H3,(H6,20,21,22,23,24,25). The van der Waals surface area contributed by atoms with Gasteiger partial charge in [-0.15, -0.1) is 0 Å². The number of benzene rings is 1. The minimum atomic E-state index is -0.502. The number of nitrogens with one attached hydrogen (secondary N) is 2. The summed E-state index contributed by atoms with van der Waals surface area (Å²) < 4.78 is 0. The maximum atomic E-state index is 9.30. The fourth-order valence-corrected chi connectivity index (χ4v) is 2.76. The van der Waals surface area contributed by atoms with E-state index in [0.717, 1.165) is 12.0 Å². The highest BCUT2D eigenvalue weighted by molar-refractivity contribution is 5.98. The molecule has 1 aliphatic rings. The first-order chi connectivity index (χ1) is 12.1. The summed E-state index contributed by atoms with van der Waals surface area (Å²) in [4.78, 5) is 8.73. The Balaban J connectivity index is 2.19. The Morgan fingerprint density at radius 2 is 1.96 bits per heavy atom. The van der Waals surface area contributed by atoms with Crippen LogP contribution in [-0.4, -0.2) is 10.9 Å². The van der Waals surface area contributed by atoms with E-state index in [9.17, 15) is 5.26 Å². The van der Waals surface area contributed by atoms with Gasteiger partial charge in [0.2, 0.25) is 5.96 Å². The van der Waals surface area contributed by atoms with Crippen LogP contribution in [0.25, 0.3) is 0 Å². The molecular formula is C17H16N8. The average molecular weight is 332 g/mol. The number of anilines is 3. The number of fused-ring (bicyclic) bond motifs is 1. The molecule has 1 unspecified atom stereocenters. The number of hydrogen-bond acceptors (Lipinski definition) is 8. The number of nitrogen functional groups attached to an aromatic ring is 2. The van der Waals surface area contributed by atoms with Gasteiger partial charge < -0.3 is 16.8 Å². The topological polar surface area (TPSA) is 149 Å². The first-order valence-corrected chi connectivity index (χ1v) is 7.66. The molecule has 0 fully saturated rings. The number of nitrogens with zero attached hydrogens (tertiary/aromatic N) is 4. The molecule has 0 bridgehead atoms. The van der Waals surface area contributed by atoms with Gasteiger partial charge in [0.15, 0.2) is 6.19 Å². The van der Waals surface area contributed by atoms with Crippen LogP contribution in [0.2, 0.25) is 0 Å². The van der Waals surface area contributed by atoms with E-state index in [1.54, 1.807) is 0 Å². The van der Waals surface area contributed by atoms with E-state index in [2.05, 4.69) is 27.5 Å². The van der Waals surface area contributed by atoms with Crippen LogP contribution < -0.4 is 22.1 Å². The van der Waals surface area contributed by atoms with E-state index in [0.29, 0.717) is 11.4 Å². The van der Waals surface area contributed by atoms with Crippen molar-refractivity contribution in [1.82, 2.24) is 10.3 Å². The smallest absolute Gasteiger partial charge is 0.211 e. The quantitative estimate of drug-likeness (QED) is 0.482. The van der Waals surface area contributed by atoms with Crippen molar-refractivity contribution in [3.8, 4) is 12.3 Å². The third kappa shape index (κ3) is 2.77.